The fraction of sp³-hybridized carbons (Fsp3) is 0.0952. The summed E-state index contributed by atoms with van der Waals surface area (Å²) in [4.78, 5) is 4.27. The van der Waals surface area contributed by atoms with Gasteiger partial charge in [-0.15, -0.1) is 0 Å². The van der Waals surface area contributed by atoms with Crippen LogP contribution in [0.2, 0.25) is 0 Å². The first-order valence-electron chi connectivity index (χ1n) is 16.1. The maximum Gasteiger partial charge on any atom is 0.119 e. The van der Waals surface area contributed by atoms with E-state index in [9.17, 15) is 10.5 Å². The normalized spacial score (nSPS) is 10.3. The molecular weight excluding hydrogens is 622 g/mol. The molecule has 0 spiro atoms. The zero-order valence-corrected chi connectivity index (χ0v) is 28.0. The Hall–Kier alpha value is -6.90. The molecule has 0 saturated carbocycles. The summed E-state index contributed by atoms with van der Waals surface area (Å²) in [5.74, 6) is 2.28. The Balaban J connectivity index is 1.56. The number of benzene rings is 6. The molecule has 0 amide bonds. The van der Waals surface area contributed by atoms with Gasteiger partial charge in [0.05, 0.1) is 55.5 Å². The van der Waals surface area contributed by atoms with Gasteiger partial charge in [0.1, 0.15) is 17.2 Å². The number of nitrogens with one attached hydrogen (secondary N) is 1. The molecule has 6 aromatic carbocycles. The van der Waals surface area contributed by atoms with Crippen LogP contribution in [-0.2, 0) is 0 Å². The van der Waals surface area contributed by atoms with Gasteiger partial charge in [-0.3, -0.25) is 0 Å². The van der Waals surface area contributed by atoms with Gasteiger partial charge >= 0.3 is 0 Å². The van der Waals surface area contributed by atoms with E-state index < -0.39 is 0 Å². The third-order valence-corrected chi connectivity index (χ3v) is 8.04. The minimum Gasteiger partial charge on any atom is -0.497 e. The first-order valence-corrected chi connectivity index (χ1v) is 16.1. The third-order valence-electron chi connectivity index (χ3n) is 8.04. The van der Waals surface area contributed by atoms with Crippen molar-refractivity contribution in [3.8, 4) is 29.4 Å². The van der Waals surface area contributed by atoms with Crippen LogP contribution in [0.5, 0.6) is 17.2 Å². The van der Waals surface area contributed by atoms with E-state index in [0.29, 0.717) is 17.7 Å². The second-order valence-corrected chi connectivity index (χ2v) is 11.2. The van der Waals surface area contributed by atoms with Gasteiger partial charge in [-0.1, -0.05) is 0 Å². The van der Waals surface area contributed by atoms with Gasteiger partial charge in [-0.05, 0) is 146 Å². The first-order chi connectivity index (χ1) is 24.5. The molecule has 1 N–H and O–H groups in total. The van der Waals surface area contributed by atoms with Gasteiger partial charge in [0.25, 0.3) is 0 Å². The summed E-state index contributed by atoms with van der Waals surface area (Å²) in [7, 11) is 3.29. The number of rotatable bonds is 12. The standard InChI is InChI=1S/C42H35N5O3/c1-4-50-42-19-9-32(10-20-42)45-33-25-38(46(34-11-5-30(28-43)6-12-34)36-15-21-40(48-2)22-16-36)27-39(26-33)47(35-13-7-31(29-44)8-14-35)37-17-23-41(49-3)24-18-37/h5-27,45H,4H2,1-3H3. The predicted molar refractivity (Wildman–Crippen MR) is 199 cm³/mol. The van der Waals surface area contributed by atoms with Crippen molar-refractivity contribution in [2.24, 2.45) is 0 Å². The monoisotopic (exact) mass is 657 g/mol. The molecule has 0 aromatic heterocycles. The minimum atomic E-state index is 0.571. The maximum atomic E-state index is 9.54. The molecule has 6 rings (SSSR count). The van der Waals surface area contributed by atoms with Crippen molar-refractivity contribution in [2.75, 3.05) is 35.9 Å². The zero-order chi connectivity index (χ0) is 34.9. The third kappa shape index (κ3) is 7.46. The molecule has 0 saturated heterocycles. The largest absolute Gasteiger partial charge is 0.497 e. The van der Waals surface area contributed by atoms with E-state index in [4.69, 9.17) is 14.2 Å². The number of hydrogen-bond donors (Lipinski definition) is 1. The van der Waals surface area contributed by atoms with Crippen LogP contribution in [0.4, 0.5) is 45.5 Å². The number of methoxy groups -OCH3 is 2. The smallest absolute Gasteiger partial charge is 0.119 e. The minimum absolute atomic E-state index is 0.571. The highest BCUT2D eigenvalue weighted by atomic mass is 16.5. The Morgan fingerprint density at radius 3 is 1.22 bits per heavy atom. The van der Waals surface area contributed by atoms with Gasteiger partial charge in [-0.25, -0.2) is 0 Å². The van der Waals surface area contributed by atoms with E-state index in [1.54, 1.807) is 14.2 Å². The van der Waals surface area contributed by atoms with Crippen molar-refractivity contribution in [2.45, 2.75) is 6.92 Å². The Morgan fingerprint density at radius 2 is 0.860 bits per heavy atom. The fourth-order valence-electron chi connectivity index (χ4n) is 5.62. The second kappa shape index (κ2) is 15.3. The molecule has 0 aliphatic rings. The summed E-state index contributed by atoms with van der Waals surface area (Å²) < 4.78 is 16.6. The molecule has 0 fully saturated rings. The molecule has 50 heavy (non-hydrogen) atoms. The fourth-order valence-corrected chi connectivity index (χ4v) is 5.62. The molecule has 0 radical (unpaired) electrons. The lowest BCUT2D eigenvalue weighted by molar-refractivity contribution is 0.340. The Bertz CT molecular complexity index is 1990. The van der Waals surface area contributed by atoms with Crippen LogP contribution in [0.25, 0.3) is 0 Å². The van der Waals surface area contributed by atoms with E-state index in [1.807, 2.05) is 128 Å². The van der Waals surface area contributed by atoms with Gasteiger partial charge in [-0.2, -0.15) is 10.5 Å². The predicted octanol–water partition coefficient (Wildman–Crippen LogP) is 10.5. The van der Waals surface area contributed by atoms with Crippen molar-refractivity contribution in [3.63, 3.8) is 0 Å². The topological polar surface area (TPSA) is 93.8 Å². The SMILES string of the molecule is CCOc1ccc(Nc2cc(N(c3ccc(C#N)cc3)c3ccc(OC)cc3)cc(N(c3ccc(C#N)cc3)c3ccc(OC)cc3)c2)cc1. The number of nitriles is 2. The zero-order valence-electron chi connectivity index (χ0n) is 28.0. The highest BCUT2D eigenvalue weighted by Gasteiger charge is 2.20. The van der Waals surface area contributed by atoms with Crippen LogP contribution in [0.3, 0.4) is 0 Å². The van der Waals surface area contributed by atoms with Crippen LogP contribution in [0, 0.1) is 22.7 Å². The number of ether oxygens (including phenoxy) is 3. The summed E-state index contributed by atoms with van der Waals surface area (Å²) in [6.07, 6.45) is 0. The average Bonchev–Trinajstić information content (AvgIpc) is 3.17. The van der Waals surface area contributed by atoms with E-state index in [2.05, 4.69) is 45.5 Å². The molecule has 0 atom stereocenters. The summed E-state index contributed by atoms with van der Waals surface area (Å²) >= 11 is 0. The van der Waals surface area contributed by atoms with Crippen molar-refractivity contribution < 1.29 is 14.2 Å². The van der Waals surface area contributed by atoms with Crippen molar-refractivity contribution in [1.29, 1.82) is 10.5 Å². The molecule has 0 aliphatic heterocycles. The molecule has 0 heterocycles. The number of anilines is 8. The molecule has 0 unspecified atom stereocenters. The Morgan fingerprint density at radius 1 is 0.480 bits per heavy atom. The van der Waals surface area contributed by atoms with Gasteiger partial charge < -0.3 is 29.3 Å². The molecule has 0 bridgehead atoms. The van der Waals surface area contributed by atoms with Crippen LogP contribution < -0.4 is 29.3 Å². The van der Waals surface area contributed by atoms with E-state index in [-0.39, 0.29) is 0 Å². The highest BCUT2D eigenvalue weighted by Crippen LogP contribution is 2.43. The molecule has 0 aliphatic carbocycles. The van der Waals surface area contributed by atoms with E-state index in [1.165, 1.54) is 0 Å². The molecule has 246 valence electrons. The number of nitrogens with zero attached hydrogens (tertiary/aromatic N) is 4. The molecule has 8 heteroatoms. The maximum absolute atomic E-state index is 9.54. The van der Waals surface area contributed by atoms with E-state index >= 15 is 0 Å². The lowest BCUT2D eigenvalue weighted by Gasteiger charge is -2.30. The Kier molecular flexibility index (Phi) is 10.1. The summed E-state index contributed by atoms with van der Waals surface area (Å²) in [5.41, 5.74) is 8.11. The van der Waals surface area contributed by atoms with Crippen molar-refractivity contribution in [1.82, 2.24) is 0 Å². The van der Waals surface area contributed by atoms with Crippen LogP contribution in [0.1, 0.15) is 18.1 Å². The quantitative estimate of drug-likeness (QED) is 0.139. The molecule has 6 aromatic rings. The van der Waals surface area contributed by atoms with Gasteiger partial charge in [0.2, 0.25) is 0 Å². The molecule has 8 nitrogen and oxygen atoms in total. The lowest BCUT2D eigenvalue weighted by atomic mass is 10.1. The van der Waals surface area contributed by atoms with E-state index in [0.717, 1.165) is 62.7 Å². The average molecular weight is 658 g/mol. The van der Waals surface area contributed by atoms with Crippen LogP contribution in [-0.4, -0.2) is 20.8 Å². The summed E-state index contributed by atoms with van der Waals surface area (Å²) in [6, 6.07) is 49.4. The van der Waals surface area contributed by atoms with Gasteiger partial charge in [0, 0.05) is 34.1 Å². The second-order valence-electron chi connectivity index (χ2n) is 11.2. The van der Waals surface area contributed by atoms with Crippen molar-refractivity contribution in [3.05, 3.63) is 151 Å². The van der Waals surface area contributed by atoms with Gasteiger partial charge in [0.15, 0.2) is 0 Å². The summed E-state index contributed by atoms with van der Waals surface area (Å²) in [6.45, 7) is 2.55. The lowest BCUT2D eigenvalue weighted by Crippen LogP contribution is -2.14. The summed E-state index contributed by atoms with van der Waals surface area (Å²) in [5, 5.41) is 22.7. The van der Waals surface area contributed by atoms with Crippen LogP contribution >= 0.6 is 0 Å². The first kappa shape index (κ1) is 33.0. The molecular formula is C42H35N5O3. The van der Waals surface area contributed by atoms with Crippen molar-refractivity contribution >= 4 is 45.5 Å². The highest BCUT2D eigenvalue weighted by molar-refractivity contribution is 5.87. The Labute approximate surface area is 292 Å². The number of hydrogen-bond acceptors (Lipinski definition) is 8. The van der Waals surface area contributed by atoms with Crippen LogP contribution in [0.15, 0.2) is 140 Å².